The number of esters is 1. The van der Waals surface area contributed by atoms with E-state index in [1.807, 2.05) is 61.5 Å². The Morgan fingerprint density at radius 1 is 0.964 bits per heavy atom. The van der Waals surface area contributed by atoms with Gasteiger partial charge < -0.3 is 13.8 Å². The predicted octanol–water partition coefficient (Wildman–Crippen LogP) is 4.37. The average Bonchev–Trinajstić information content (AvgIpc) is 3.34. The summed E-state index contributed by atoms with van der Waals surface area (Å²) >= 11 is 0. The van der Waals surface area contributed by atoms with Crippen molar-refractivity contribution < 1.29 is 18.6 Å². The maximum Gasteiger partial charge on any atom is 0.344 e. The van der Waals surface area contributed by atoms with Gasteiger partial charge in [0.05, 0.1) is 0 Å². The summed E-state index contributed by atoms with van der Waals surface area (Å²) in [6.07, 6.45) is 0. The van der Waals surface area contributed by atoms with Gasteiger partial charge in [0, 0.05) is 11.1 Å². The van der Waals surface area contributed by atoms with Gasteiger partial charge in [0.1, 0.15) is 17.0 Å². The van der Waals surface area contributed by atoms with Crippen molar-refractivity contribution in [3.63, 3.8) is 0 Å². The fourth-order valence-electron chi connectivity index (χ4n) is 2.85. The normalized spacial score (nSPS) is 10.8. The highest BCUT2D eigenvalue weighted by Crippen LogP contribution is 2.26. The quantitative estimate of drug-likeness (QED) is 0.478. The second-order valence-electron chi connectivity index (χ2n) is 6.23. The summed E-state index contributed by atoms with van der Waals surface area (Å²) in [5, 5.41) is 7.95. The number of aromatic nitrogens is 3. The van der Waals surface area contributed by atoms with Crippen LogP contribution < -0.4 is 0 Å². The number of carbonyl (C=O) groups is 1. The molecule has 140 valence electrons. The van der Waals surface area contributed by atoms with Gasteiger partial charge in [0.2, 0.25) is 5.82 Å². The fourth-order valence-corrected chi connectivity index (χ4v) is 2.85. The molecule has 0 bridgehead atoms. The van der Waals surface area contributed by atoms with E-state index in [1.54, 1.807) is 6.92 Å². The highest BCUT2D eigenvalue weighted by molar-refractivity contribution is 5.97. The second kappa shape index (κ2) is 7.48. The average molecular weight is 375 g/mol. The maximum absolute atomic E-state index is 12.6. The smallest absolute Gasteiger partial charge is 0.344 e. The third-order valence-electron chi connectivity index (χ3n) is 4.29. The van der Waals surface area contributed by atoms with Crippen LogP contribution in [0.25, 0.3) is 22.6 Å². The first kappa shape index (κ1) is 17.7. The van der Waals surface area contributed by atoms with E-state index in [0.29, 0.717) is 17.3 Å². The molecule has 0 fully saturated rings. The van der Waals surface area contributed by atoms with Gasteiger partial charge in [-0.05, 0) is 19.4 Å². The molecule has 7 heteroatoms. The van der Waals surface area contributed by atoms with Gasteiger partial charge in [-0.25, -0.2) is 4.79 Å². The number of nitrogens with zero attached hydrogens (tertiary/aromatic N) is 3. The molecule has 0 aliphatic carbocycles. The van der Waals surface area contributed by atoms with Gasteiger partial charge in [-0.1, -0.05) is 64.9 Å². The molecule has 0 atom stereocenters. The Labute approximate surface area is 160 Å². The van der Waals surface area contributed by atoms with Crippen molar-refractivity contribution in [3.8, 4) is 22.6 Å². The molecule has 2 aromatic carbocycles. The first-order valence-corrected chi connectivity index (χ1v) is 8.71. The lowest BCUT2D eigenvalue weighted by atomic mass is 10.1. The van der Waals surface area contributed by atoms with E-state index in [1.165, 1.54) is 0 Å². The van der Waals surface area contributed by atoms with Crippen molar-refractivity contribution in [2.24, 2.45) is 0 Å². The zero-order chi connectivity index (χ0) is 19.5. The molecular weight excluding hydrogens is 358 g/mol. The van der Waals surface area contributed by atoms with Crippen molar-refractivity contribution in [2.75, 3.05) is 0 Å². The highest BCUT2D eigenvalue weighted by Gasteiger charge is 2.23. The van der Waals surface area contributed by atoms with E-state index < -0.39 is 5.97 Å². The lowest BCUT2D eigenvalue weighted by molar-refractivity contribution is 0.0428. The SMILES string of the molecule is Cc1ccccc1-c1noc(COC(=O)c2c(-c3ccccc3)noc2C)n1. The minimum atomic E-state index is -0.562. The Morgan fingerprint density at radius 2 is 1.71 bits per heavy atom. The van der Waals surface area contributed by atoms with Crippen molar-refractivity contribution in [1.82, 2.24) is 15.3 Å². The molecule has 28 heavy (non-hydrogen) atoms. The maximum atomic E-state index is 12.6. The van der Waals surface area contributed by atoms with E-state index in [2.05, 4.69) is 15.3 Å². The van der Waals surface area contributed by atoms with Crippen LogP contribution in [0.15, 0.2) is 63.6 Å². The van der Waals surface area contributed by atoms with E-state index >= 15 is 0 Å². The summed E-state index contributed by atoms with van der Waals surface area (Å²) in [6, 6.07) is 17.0. The zero-order valence-electron chi connectivity index (χ0n) is 15.4. The summed E-state index contributed by atoms with van der Waals surface area (Å²) in [7, 11) is 0. The van der Waals surface area contributed by atoms with Crippen LogP contribution in [-0.2, 0) is 11.3 Å². The van der Waals surface area contributed by atoms with Crippen LogP contribution in [0.2, 0.25) is 0 Å². The van der Waals surface area contributed by atoms with E-state index in [0.717, 1.165) is 16.7 Å². The number of hydrogen-bond acceptors (Lipinski definition) is 7. The van der Waals surface area contributed by atoms with Crippen molar-refractivity contribution >= 4 is 5.97 Å². The van der Waals surface area contributed by atoms with Crippen molar-refractivity contribution in [1.29, 1.82) is 0 Å². The molecule has 2 heterocycles. The predicted molar refractivity (Wildman–Crippen MR) is 100 cm³/mol. The van der Waals surface area contributed by atoms with Crippen molar-refractivity contribution in [2.45, 2.75) is 20.5 Å². The summed E-state index contributed by atoms with van der Waals surface area (Å²) in [6.45, 7) is 3.49. The van der Waals surface area contributed by atoms with Crippen LogP contribution in [0.3, 0.4) is 0 Å². The van der Waals surface area contributed by atoms with Gasteiger partial charge in [-0.2, -0.15) is 4.98 Å². The third kappa shape index (κ3) is 3.42. The largest absolute Gasteiger partial charge is 0.452 e. The molecule has 7 nitrogen and oxygen atoms in total. The molecule has 0 N–H and O–H groups in total. The molecular formula is C21H17N3O4. The number of aryl methyl sites for hydroxylation is 2. The highest BCUT2D eigenvalue weighted by atomic mass is 16.6. The molecule has 0 saturated heterocycles. The zero-order valence-corrected chi connectivity index (χ0v) is 15.4. The Bertz CT molecular complexity index is 1120. The van der Waals surface area contributed by atoms with Crippen LogP contribution >= 0.6 is 0 Å². The van der Waals surface area contributed by atoms with Gasteiger partial charge in [0.15, 0.2) is 6.61 Å². The van der Waals surface area contributed by atoms with Crippen LogP contribution in [0.1, 0.15) is 27.6 Å². The monoisotopic (exact) mass is 375 g/mol. The molecule has 0 aliphatic heterocycles. The Morgan fingerprint density at radius 3 is 2.50 bits per heavy atom. The topological polar surface area (TPSA) is 91.2 Å². The summed E-state index contributed by atoms with van der Waals surface area (Å²) in [5.74, 6) is 0.487. The fraction of sp³-hybridized carbons (Fsp3) is 0.143. The molecule has 4 aromatic rings. The van der Waals surface area contributed by atoms with Crippen LogP contribution in [-0.4, -0.2) is 21.3 Å². The number of carbonyl (C=O) groups excluding carboxylic acids is 1. The summed E-state index contributed by atoms with van der Waals surface area (Å²) < 4.78 is 15.8. The molecule has 0 saturated carbocycles. The molecule has 4 rings (SSSR count). The third-order valence-corrected chi connectivity index (χ3v) is 4.29. The molecule has 0 amide bonds. The van der Waals surface area contributed by atoms with Crippen LogP contribution in [0.4, 0.5) is 0 Å². The molecule has 0 spiro atoms. The standard InChI is InChI=1S/C21H17N3O4/c1-13-8-6-7-11-16(13)20-22-17(28-24-20)12-26-21(25)18-14(2)27-23-19(18)15-9-4-3-5-10-15/h3-11H,12H2,1-2H3. The Kier molecular flexibility index (Phi) is 4.72. The number of benzene rings is 2. The first-order valence-electron chi connectivity index (χ1n) is 8.71. The number of hydrogen-bond donors (Lipinski definition) is 0. The summed E-state index contributed by atoms with van der Waals surface area (Å²) in [5.41, 5.74) is 3.38. The van der Waals surface area contributed by atoms with Crippen LogP contribution in [0.5, 0.6) is 0 Å². The van der Waals surface area contributed by atoms with Gasteiger partial charge in [-0.15, -0.1) is 0 Å². The Hall–Kier alpha value is -3.74. The number of ether oxygens (including phenoxy) is 1. The number of rotatable bonds is 5. The van der Waals surface area contributed by atoms with Gasteiger partial charge >= 0.3 is 5.97 Å². The van der Waals surface area contributed by atoms with Crippen LogP contribution in [0, 0.1) is 13.8 Å². The second-order valence-corrected chi connectivity index (χ2v) is 6.23. The minimum absolute atomic E-state index is 0.142. The van der Waals surface area contributed by atoms with E-state index in [-0.39, 0.29) is 18.1 Å². The first-order chi connectivity index (χ1) is 13.6. The molecule has 0 unspecified atom stereocenters. The van der Waals surface area contributed by atoms with E-state index in [9.17, 15) is 4.79 Å². The summed E-state index contributed by atoms with van der Waals surface area (Å²) in [4.78, 5) is 16.9. The molecule has 2 aromatic heterocycles. The van der Waals surface area contributed by atoms with E-state index in [4.69, 9.17) is 13.8 Å². The lowest BCUT2D eigenvalue weighted by Gasteiger charge is -2.03. The Balaban J connectivity index is 1.51. The molecule has 0 radical (unpaired) electrons. The van der Waals surface area contributed by atoms with Gasteiger partial charge in [0.25, 0.3) is 5.89 Å². The molecule has 0 aliphatic rings. The van der Waals surface area contributed by atoms with Crippen molar-refractivity contribution in [3.05, 3.63) is 77.4 Å². The lowest BCUT2D eigenvalue weighted by Crippen LogP contribution is -2.07. The minimum Gasteiger partial charge on any atom is -0.452 e. The van der Waals surface area contributed by atoms with Gasteiger partial charge in [-0.3, -0.25) is 0 Å².